The lowest BCUT2D eigenvalue weighted by Gasteiger charge is -2.15. The molecule has 0 bridgehead atoms. The zero-order valence-corrected chi connectivity index (χ0v) is 20.7. The maximum absolute atomic E-state index is 12.6. The molecule has 2 aliphatic heterocycles. The molecule has 37 heavy (non-hydrogen) atoms. The van der Waals surface area contributed by atoms with Gasteiger partial charge in [-0.2, -0.15) is 0 Å². The van der Waals surface area contributed by atoms with Crippen molar-refractivity contribution in [2.45, 2.75) is 32.4 Å². The van der Waals surface area contributed by atoms with E-state index in [-0.39, 0.29) is 23.2 Å². The fraction of sp³-hybridized carbons (Fsp3) is 0.357. The van der Waals surface area contributed by atoms with Gasteiger partial charge in [-0.05, 0) is 60.8 Å². The van der Waals surface area contributed by atoms with Crippen molar-refractivity contribution in [2.24, 2.45) is 0 Å². The number of hydrogen-bond acceptors (Lipinski definition) is 7. The highest BCUT2D eigenvalue weighted by molar-refractivity contribution is 5.97. The largest absolute Gasteiger partial charge is 0.493 e. The first-order valence-electron chi connectivity index (χ1n) is 12.7. The number of rotatable bonds is 10. The van der Waals surface area contributed by atoms with Gasteiger partial charge in [-0.1, -0.05) is 24.3 Å². The molecular formula is C28H31N5O4. The Kier molecular flexibility index (Phi) is 7.90. The monoisotopic (exact) mass is 501 g/mol. The number of amides is 2. The molecule has 0 unspecified atom stereocenters. The minimum atomic E-state index is -0.374. The molecule has 0 radical (unpaired) electrons. The van der Waals surface area contributed by atoms with Gasteiger partial charge >= 0.3 is 0 Å². The van der Waals surface area contributed by atoms with E-state index in [1.165, 1.54) is 25.2 Å². The van der Waals surface area contributed by atoms with Crippen molar-refractivity contribution in [1.82, 2.24) is 25.5 Å². The predicted molar refractivity (Wildman–Crippen MR) is 138 cm³/mol. The number of hydrogen-bond donors (Lipinski definition) is 2. The quantitative estimate of drug-likeness (QED) is 0.440. The molecule has 0 aliphatic carbocycles. The minimum absolute atomic E-state index is 0.136. The van der Waals surface area contributed by atoms with E-state index < -0.39 is 0 Å². The number of nitrogens with zero attached hydrogens (tertiary/aromatic N) is 3. The average Bonchev–Trinajstić information content (AvgIpc) is 3.63. The molecule has 192 valence electrons. The summed E-state index contributed by atoms with van der Waals surface area (Å²) in [5, 5.41) is 5.69. The second-order valence-electron chi connectivity index (χ2n) is 9.24. The van der Waals surface area contributed by atoms with E-state index in [1.807, 2.05) is 42.5 Å². The van der Waals surface area contributed by atoms with Crippen LogP contribution in [0.5, 0.6) is 11.5 Å². The maximum Gasteiger partial charge on any atom is 0.270 e. The number of carbonyl (C=O) groups excluding carboxylic acids is 2. The van der Waals surface area contributed by atoms with Crippen LogP contribution in [-0.4, -0.2) is 59.5 Å². The Morgan fingerprint density at radius 2 is 1.57 bits per heavy atom. The van der Waals surface area contributed by atoms with E-state index >= 15 is 0 Å². The van der Waals surface area contributed by atoms with Gasteiger partial charge in [0.25, 0.3) is 11.8 Å². The van der Waals surface area contributed by atoms with Crippen LogP contribution >= 0.6 is 0 Å². The lowest BCUT2D eigenvalue weighted by Crippen LogP contribution is -2.27. The lowest BCUT2D eigenvalue weighted by molar-refractivity contribution is 0.0944. The first-order valence-corrected chi connectivity index (χ1v) is 12.7. The van der Waals surface area contributed by atoms with Crippen molar-refractivity contribution < 1.29 is 19.1 Å². The minimum Gasteiger partial charge on any atom is -0.493 e. The molecule has 0 spiro atoms. The van der Waals surface area contributed by atoms with E-state index in [0.717, 1.165) is 54.2 Å². The van der Waals surface area contributed by atoms with Gasteiger partial charge in [-0.25, -0.2) is 9.97 Å². The Labute approximate surface area is 216 Å². The van der Waals surface area contributed by atoms with Gasteiger partial charge < -0.3 is 20.1 Å². The van der Waals surface area contributed by atoms with E-state index in [0.29, 0.717) is 26.3 Å². The van der Waals surface area contributed by atoms with Crippen molar-refractivity contribution in [1.29, 1.82) is 0 Å². The van der Waals surface area contributed by atoms with Crippen LogP contribution in [0.15, 0.2) is 54.9 Å². The molecule has 9 nitrogen and oxygen atoms in total. The second kappa shape index (κ2) is 11.8. The average molecular weight is 502 g/mol. The summed E-state index contributed by atoms with van der Waals surface area (Å²) in [6, 6.07) is 15.0. The van der Waals surface area contributed by atoms with Crippen molar-refractivity contribution >= 4 is 11.8 Å². The molecule has 0 atom stereocenters. The zero-order valence-electron chi connectivity index (χ0n) is 20.7. The Morgan fingerprint density at radius 3 is 2.30 bits per heavy atom. The first kappa shape index (κ1) is 24.7. The van der Waals surface area contributed by atoms with Crippen LogP contribution in [-0.2, 0) is 19.5 Å². The van der Waals surface area contributed by atoms with Crippen molar-refractivity contribution in [2.75, 3.05) is 32.8 Å². The van der Waals surface area contributed by atoms with Gasteiger partial charge in [-0.15, -0.1) is 0 Å². The van der Waals surface area contributed by atoms with Crippen LogP contribution in [0.3, 0.4) is 0 Å². The fourth-order valence-corrected chi connectivity index (χ4v) is 4.50. The van der Waals surface area contributed by atoms with Gasteiger partial charge in [0.05, 0.1) is 6.61 Å². The molecule has 5 rings (SSSR count). The third kappa shape index (κ3) is 6.62. The molecule has 2 amide bonds. The van der Waals surface area contributed by atoms with E-state index in [1.54, 1.807) is 0 Å². The summed E-state index contributed by atoms with van der Waals surface area (Å²) in [5.74, 6) is 0.974. The number of fused-ring (bicyclic) bond motifs is 1. The van der Waals surface area contributed by atoms with Gasteiger partial charge in [0.15, 0.2) is 0 Å². The number of aromatic nitrogens is 2. The maximum atomic E-state index is 12.6. The third-order valence-corrected chi connectivity index (χ3v) is 6.59. The van der Waals surface area contributed by atoms with Gasteiger partial charge in [0.1, 0.15) is 35.8 Å². The molecule has 3 aromatic rings. The van der Waals surface area contributed by atoms with Crippen LogP contribution < -0.4 is 20.1 Å². The van der Waals surface area contributed by atoms with E-state index in [2.05, 4.69) is 25.5 Å². The summed E-state index contributed by atoms with van der Waals surface area (Å²) < 4.78 is 11.3. The Bertz CT molecular complexity index is 1240. The Morgan fingerprint density at radius 1 is 0.892 bits per heavy atom. The summed E-state index contributed by atoms with van der Waals surface area (Å²) in [6.45, 7) is 5.31. The highest BCUT2D eigenvalue weighted by Gasteiger charge is 2.15. The van der Waals surface area contributed by atoms with Crippen LogP contribution in [0.2, 0.25) is 0 Å². The summed E-state index contributed by atoms with van der Waals surface area (Å²) in [6.07, 6.45) is 4.65. The molecule has 1 fully saturated rings. The van der Waals surface area contributed by atoms with Crippen LogP contribution in [0.4, 0.5) is 0 Å². The van der Waals surface area contributed by atoms with Crippen LogP contribution in [0.1, 0.15) is 50.5 Å². The van der Waals surface area contributed by atoms with Crippen molar-refractivity contribution in [3.8, 4) is 11.5 Å². The van der Waals surface area contributed by atoms with E-state index in [4.69, 9.17) is 9.47 Å². The van der Waals surface area contributed by atoms with Crippen molar-refractivity contribution in [3.63, 3.8) is 0 Å². The standard InChI is InChI=1S/C28H31N5O4/c34-27(29-17-20-3-6-23(7-4-20)36-14-12-33-10-1-2-11-33)24-16-25(32-19-31-24)28(35)30-18-21-5-8-26-22(15-21)9-13-37-26/h3-8,15-16,19H,1-2,9-14,17-18H2,(H,29,34)(H,30,35). The molecule has 1 saturated heterocycles. The highest BCUT2D eigenvalue weighted by atomic mass is 16.5. The van der Waals surface area contributed by atoms with E-state index in [9.17, 15) is 9.59 Å². The summed E-state index contributed by atoms with van der Waals surface area (Å²) in [4.78, 5) is 35.7. The number of likely N-dealkylation sites (tertiary alicyclic amines) is 1. The summed E-state index contributed by atoms with van der Waals surface area (Å²) in [7, 11) is 0. The summed E-state index contributed by atoms with van der Waals surface area (Å²) >= 11 is 0. The Hall–Kier alpha value is -3.98. The molecule has 2 aliphatic rings. The van der Waals surface area contributed by atoms with Gasteiger partial charge in [0.2, 0.25) is 0 Å². The number of benzene rings is 2. The number of ether oxygens (including phenoxy) is 2. The lowest BCUT2D eigenvalue weighted by atomic mass is 10.1. The third-order valence-electron chi connectivity index (χ3n) is 6.59. The van der Waals surface area contributed by atoms with Gasteiger partial charge in [-0.3, -0.25) is 14.5 Å². The van der Waals surface area contributed by atoms with Crippen LogP contribution in [0, 0.1) is 0 Å². The summed E-state index contributed by atoms with van der Waals surface area (Å²) in [5.41, 5.74) is 3.34. The zero-order chi connectivity index (χ0) is 25.5. The molecule has 2 N–H and O–H groups in total. The first-order chi connectivity index (χ1) is 18.1. The second-order valence-corrected chi connectivity index (χ2v) is 9.24. The SMILES string of the molecule is O=C(NCc1ccc(OCCN2CCCC2)cc1)c1cc(C(=O)NCc2ccc3c(c2)CCO3)ncn1. The molecule has 1 aromatic heterocycles. The highest BCUT2D eigenvalue weighted by Crippen LogP contribution is 2.25. The molecule has 9 heteroatoms. The smallest absolute Gasteiger partial charge is 0.270 e. The number of nitrogens with one attached hydrogen (secondary N) is 2. The molecule has 3 heterocycles. The fourth-order valence-electron chi connectivity index (χ4n) is 4.50. The normalized spacial score (nSPS) is 14.6. The van der Waals surface area contributed by atoms with Crippen molar-refractivity contribution in [3.05, 3.63) is 82.9 Å². The molecule has 0 saturated carbocycles. The van der Waals surface area contributed by atoms with Crippen LogP contribution in [0.25, 0.3) is 0 Å². The topological polar surface area (TPSA) is 106 Å². The number of carbonyl (C=O) groups is 2. The van der Waals surface area contributed by atoms with Gasteiger partial charge in [0, 0.05) is 32.1 Å². The molecular weight excluding hydrogens is 470 g/mol. The Balaban J connectivity index is 1.08. The predicted octanol–water partition coefficient (Wildman–Crippen LogP) is 2.75. The molecule has 2 aromatic carbocycles.